The monoisotopic (exact) mass is 287 g/mol. The van der Waals surface area contributed by atoms with Crippen molar-refractivity contribution in [3.05, 3.63) is 58.1 Å². The Hall–Kier alpha value is -1.94. The van der Waals surface area contributed by atoms with Gasteiger partial charge in [0.05, 0.1) is 5.69 Å². The highest BCUT2D eigenvalue weighted by molar-refractivity contribution is 6.30. The van der Waals surface area contributed by atoms with Crippen molar-refractivity contribution in [1.29, 1.82) is 0 Å². The normalized spacial score (nSPS) is 14.0. The molecule has 3 rings (SSSR count). The summed E-state index contributed by atoms with van der Waals surface area (Å²) in [6, 6.07) is 7.04. The number of fused-ring (bicyclic) bond motifs is 1. The van der Waals surface area contributed by atoms with Crippen molar-refractivity contribution in [2.75, 3.05) is 6.54 Å². The number of carbonyl (C=O) groups excluding carboxylic acids is 1. The second-order valence-electron chi connectivity index (χ2n) is 4.88. The summed E-state index contributed by atoms with van der Waals surface area (Å²) in [7, 11) is 0. The van der Waals surface area contributed by atoms with Crippen molar-refractivity contribution in [3.63, 3.8) is 0 Å². The lowest BCUT2D eigenvalue weighted by atomic mass is 10.1. The first-order valence-corrected chi connectivity index (χ1v) is 6.87. The van der Waals surface area contributed by atoms with Gasteiger partial charge in [-0.05, 0) is 25.1 Å². The molecule has 1 aliphatic heterocycles. The molecule has 4 nitrogen and oxygen atoms in total. The Morgan fingerprint density at radius 1 is 1.40 bits per heavy atom. The summed E-state index contributed by atoms with van der Waals surface area (Å²) < 4.78 is 0. The quantitative estimate of drug-likeness (QED) is 0.810. The van der Waals surface area contributed by atoms with E-state index in [2.05, 4.69) is 9.97 Å². The minimum Gasteiger partial charge on any atom is -0.334 e. The molecular formula is C15H14ClN3O. The van der Waals surface area contributed by atoms with E-state index >= 15 is 0 Å². The summed E-state index contributed by atoms with van der Waals surface area (Å²) in [6.07, 6.45) is 2.58. The average Bonchev–Trinajstić information content (AvgIpc) is 2.46. The fraction of sp³-hybridized carbons (Fsp3) is 0.267. The second-order valence-corrected chi connectivity index (χ2v) is 5.31. The van der Waals surface area contributed by atoms with E-state index in [1.54, 1.807) is 24.3 Å². The molecule has 0 spiro atoms. The molecule has 0 saturated heterocycles. The molecule has 0 aliphatic carbocycles. The fourth-order valence-corrected chi connectivity index (χ4v) is 2.58. The summed E-state index contributed by atoms with van der Waals surface area (Å²) in [5, 5.41) is 0.576. The maximum atomic E-state index is 12.5. The van der Waals surface area contributed by atoms with Gasteiger partial charge < -0.3 is 4.90 Å². The molecule has 102 valence electrons. The minimum atomic E-state index is -0.00118. The topological polar surface area (TPSA) is 46.1 Å². The van der Waals surface area contributed by atoms with E-state index in [1.165, 1.54) is 0 Å². The van der Waals surface area contributed by atoms with Crippen LogP contribution in [0.4, 0.5) is 0 Å². The zero-order valence-corrected chi connectivity index (χ0v) is 11.9. The largest absolute Gasteiger partial charge is 0.334 e. The van der Waals surface area contributed by atoms with Gasteiger partial charge in [0.15, 0.2) is 0 Å². The standard InChI is InChI=1S/C15H14ClN3O/c1-10-17-8-12-9-19(6-5-14(12)18-10)15(20)11-3-2-4-13(16)7-11/h2-4,7-8H,5-6,9H2,1H3. The Morgan fingerprint density at radius 2 is 2.25 bits per heavy atom. The highest BCUT2D eigenvalue weighted by Crippen LogP contribution is 2.19. The molecule has 1 amide bonds. The first-order chi connectivity index (χ1) is 9.63. The van der Waals surface area contributed by atoms with Crippen LogP contribution in [0, 0.1) is 6.92 Å². The van der Waals surface area contributed by atoms with Crippen LogP contribution in [0.3, 0.4) is 0 Å². The molecular weight excluding hydrogens is 274 g/mol. The molecule has 0 unspecified atom stereocenters. The number of benzene rings is 1. The lowest BCUT2D eigenvalue weighted by Crippen LogP contribution is -2.36. The van der Waals surface area contributed by atoms with Gasteiger partial charge in [-0.2, -0.15) is 0 Å². The molecule has 2 aromatic rings. The number of amides is 1. The van der Waals surface area contributed by atoms with Crippen LogP contribution in [0.5, 0.6) is 0 Å². The SMILES string of the molecule is Cc1ncc2c(n1)CCN(C(=O)c1cccc(Cl)c1)C2. The van der Waals surface area contributed by atoms with Gasteiger partial charge in [0.25, 0.3) is 5.91 Å². The molecule has 0 bridgehead atoms. The Labute approximate surface area is 122 Å². The molecule has 0 atom stereocenters. The van der Waals surface area contributed by atoms with Crippen molar-refractivity contribution in [2.24, 2.45) is 0 Å². The third kappa shape index (κ3) is 2.51. The van der Waals surface area contributed by atoms with E-state index in [0.29, 0.717) is 23.7 Å². The fourth-order valence-electron chi connectivity index (χ4n) is 2.39. The number of aromatic nitrogens is 2. The van der Waals surface area contributed by atoms with Gasteiger partial charge >= 0.3 is 0 Å². The molecule has 2 heterocycles. The number of hydrogen-bond acceptors (Lipinski definition) is 3. The van der Waals surface area contributed by atoms with Crippen molar-refractivity contribution in [3.8, 4) is 0 Å². The lowest BCUT2D eigenvalue weighted by molar-refractivity contribution is 0.0733. The number of nitrogens with zero attached hydrogens (tertiary/aromatic N) is 3. The van der Waals surface area contributed by atoms with Crippen LogP contribution in [-0.4, -0.2) is 27.3 Å². The highest BCUT2D eigenvalue weighted by atomic mass is 35.5. The number of hydrogen-bond donors (Lipinski definition) is 0. The summed E-state index contributed by atoms with van der Waals surface area (Å²) >= 11 is 5.94. The Kier molecular flexibility index (Phi) is 3.40. The van der Waals surface area contributed by atoms with Gasteiger partial charge in [0.1, 0.15) is 5.82 Å². The zero-order valence-electron chi connectivity index (χ0n) is 11.1. The van der Waals surface area contributed by atoms with E-state index in [-0.39, 0.29) is 5.91 Å². The number of aryl methyl sites for hydroxylation is 1. The van der Waals surface area contributed by atoms with E-state index < -0.39 is 0 Å². The third-order valence-corrected chi connectivity index (χ3v) is 3.65. The minimum absolute atomic E-state index is 0.00118. The number of rotatable bonds is 1. The van der Waals surface area contributed by atoms with E-state index in [1.807, 2.05) is 18.0 Å². The van der Waals surface area contributed by atoms with Gasteiger partial charge in [0, 0.05) is 41.9 Å². The molecule has 20 heavy (non-hydrogen) atoms. The van der Waals surface area contributed by atoms with Gasteiger partial charge in [0.2, 0.25) is 0 Å². The van der Waals surface area contributed by atoms with Crippen molar-refractivity contribution < 1.29 is 4.79 Å². The molecule has 0 N–H and O–H groups in total. The molecule has 1 aromatic heterocycles. The number of carbonyl (C=O) groups is 1. The van der Waals surface area contributed by atoms with Gasteiger partial charge in [-0.15, -0.1) is 0 Å². The summed E-state index contributed by atoms with van der Waals surface area (Å²) in [5.41, 5.74) is 2.69. The maximum absolute atomic E-state index is 12.5. The van der Waals surface area contributed by atoms with Gasteiger partial charge in [-0.1, -0.05) is 17.7 Å². The van der Waals surface area contributed by atoms with Crippen molar-refractivity contribution >= 4 is 17.5 Å². The zero-order chi connectivity index (χ0) is 14.1. The van der Waals surface area contributed by atoms with Gasteiger partial charge in [-0.25, -0.2) is 9.97 Å². The number of halogens is 1. The van der Waals surface area contributed by atoms with E-state index in [4.69, 9.17) is 11.6 Å². The molecule has 1 aromatic carbocycles. The summed E-state index contributed by atoms with van der Waals surface area (Å²) in [5.74, 6) is 0.775. The van der Waals surface area contributed by atoms with Crippen LogP contribution >= 0.6 is 11.6 Å². The van der Waals surface area contributed by atoms with Crippen molar-refractivity contribution in [2.45, 2.75) is 19.9 Å². The maximum Gasteiger partial charge on any atom is 0.254 e. The van der Waals surface area contributed by atoms with Crippen LogP contribution in [0.2, 0.25) is 5.02 Å². The second kappa shape index (κ2) is 5.21. The lowest BCUT2D eigenvalue weighted by Gasteiger charge is -2.28. The first kappa shape index (κ1) is 13.1. The first-order valence-electron chi connectivity index (χ1n) is 6.50. The predicted molar refractivity (Wildman–Crippen MR) is 76.7 cm³/mol. The molecule has 0 saturated carbocycles. The molecule has 0 radical (unpaired) electrons. The van der Waals surface area contributed by atoms with Crippen LogP contribution in [0.15, 0.2) is 30.5 Å². The molecule has 5 heteroatoms. The van der Waals surface area contributed by atoms with E-state index in [9.17, 15) is 4.79 Å². The third-order valence-electron chi connectivity index (χ3n) is 3.41. The Morgan fingerprint density at radius 3 is 3.05 bits per heavy atom. The average molecular weight is 288 g/mol. The Bertz CT molecular complexity index is 672. The summed E-state index contributed by atoms with van der Waals surface area (Å²) in [6.45, 7) is 3.11. The highest BCUT2D eigenvalue weighted by Gasteiger charge is 2.23. The smallest absolute Gasteiger partial charge is 0.254 e. The van der Waals surface area contributed by atoms with Gasteiger partial charge in [-0.3, -0.25) is 4.79 Å². The Balaban J connectivity index is 1.83. The predicted octanol–water partition coefficient (Wildman–Crippen LogP) is 2.64. The van der Waals surface area contributed by atoms with Crippen LogP contribution in [0.25, 0.3) is 0 Å². The molecule has 1 aliphatic rings. The van der Waals surface area contributed by atoms with Crippen LogP contribution in [0.1, 0.15) is 27.4 Å². The van der Waals surface area contributed by atoms with Crippen LogP contribution < -0.4 is 0 Å². The van der Waals surface area contributed by atoms with Crippen LogP contribution in [-0.2, 0) is 13.0 Å². The van der Waals surface area contributed by atoms with E-state index in [0.717, 1.165) is 23.5 Å². The molecule has 0 fully saturated rings. The summed E-state index contributed by atoms with van der Waals surface area (Å²) in [4.78, 5) is 22.9. The van der Waals surface area contributed by atoms with Crippen molar-refractivity contribution in [1.82, 2.24) is 14.9 Å².